The van der Waals surface area contributed by atoms with E-state index in [9.17, 15) is 14.4 Å². The van der Waals surface area contributed by atoms with Crippen LogP contribution in [0.25, 0.3) is 0 Å². The molecule has 3 heterocycles. The van der Waals surface area contributed by atoms with Gasteiger partial charge in [-0.25, -0.2) is 0 Å². The number of esters is 3. The van der Waals surface area contributed by atoms with Gasteiger partial charge in [-0.15, -0.1) is 0 Å². The number of cyclic esters (lactones) is 1. The molecule has 4 aliphatic rings. The van der Waals surface area contributed by atoms with Gasteiger partial charge >= 0.3 is 17.9 Å². The molecule has 0 amide bonds. The van der Waals surface area contributed by atoms with Gasteiger partial charge in [-0.2, -0.15) is 0 Å². The highest BCUT2D eigenvalue weighted by Crippen LogP contribution is 2.71. The maximum Gasteiger partial charge on any atom is 0.313 e. The summed E-state index contributed by atoms with van der Waals surface area (Å²) in [6, 6.07) is 3.61. The van der Waals surface area contributed by atoms with E-state index in [1.54, 1.807) is 12.3 Å². The second-order valence-electron chi connectivity index (χ2n) is 9.94. The van der Waals surface area contributed by atoms with Crippen LogP contribution in [-0.4, -0.2) is 42.8 Å². The highest BCUT2D eigenvalue weighted by Gasteiger charge is 2.78. The number of carbonyl (C=O) groups excluding carboxylic acids is 3. The van der Waals surface area contributed by atoms with E-state index in [0.717, 1.165) is 19.3 Å². The lowest BCUT2D eigenvalue weighted by Crippen LogP contribution is -2.68. The van der Waals surface area contributed by atoms with Crippen LogP contribution in [0.3, 0.4) is 0 Å². The maximum absolute atomic E-state index is 13.6. The second kappa shape index (κ2) is 7.33. The molecule has 8 nitrogen and oxygen atoms in total. The zero-order valence-electron chi connectivity index (χ0n) is 18.8. The normalized spacial score (nSPS) is 42.4. The van der Waals surface area contributed by atoms with E-state index in [0.29, 0.717) is 25.2 Å². The lowest BCUT2D eigenvalue weighted by atomic mass is 9.42. The third kappa shape index (κ3) is 2.87. The molecular weight excluding hydrogens is 416 g/mol. The van der Waals surface area contributed by atoms with E-state index >= 15 is 0 Å². The Morgan fingerprint density at radius 2 is 2.03 bits per heavy atom. The predicted molar refractivity (Wildman–Crippen MR) is 109 cm³/mol. The van der Waals surface area contributed by atoms with Crippen LogP contribution >= 0.6 is 0 Å². The van der Waals surface area contributed by atoms with Gasteiger partial charge in [0.1, 0.15) is 24.1 Å². The Morgan fingerprint density at radius 3 is 2.66 bits per heavy atom. The monoisotopic (exact) mass is 446 g/mol. The number of epoxide rings is 1. The first-order chi connectivity index (χ1) is 15.2. The molecule has 2 saturated heterocycles. The molecule has 0 radical (unpaired) electrons. The fourth-order valence-corrected chi connectivity index (χ4v) is 7.11. The topological polar surface area (TPSA) is 105 Å². The smallest absolute Gasteiger partial charge is 0.313 e. The lowest BCUT2D eigenvalue weighted by molar-refractivity contribution is -0.228. The van der Waals surface area contributed by atoms with Crippen molar-refractivity contribution in [2.24, 2.45) is 22.7 Å². The zero-order valence-corrected chi connectivity index (χ0v) is 18.8. The fraction of sp³-hybridized carbons (Fsp3) is 0.708. The van der Waals surface area contributed by atoms with Crippen LogP contribution in [0.4, 0.5) is 0 Å². The van der Waals surface area contributed by atoms with Gasteiger partial charge in [-0.05, 0) is 43.2 Å². The van der Waals surface area contributed by atoms with Gasteiger partial charge in [0.05, 0.1) is 23.7 Å². The van der Waals surface area contributed by atoms with Gasteiger partial charge in [0.15, 0.2) is 6.10 Å². The molecule has 7 atom stereocenters. The summed E-state index contributed by atoms with van der Waals surface area (Å²) in [5.74, 6) is -0.722. The van der Waals surface area contributed by atoms with Gasteiger partial charge in [-0.3, -0.25) is 14.4 Å². The van der Waals surface area contributed by atoms with Crippen LogP contribution in [0.1, 0.15) is 64.7 Å². The van der Waals surface area contributed by atoms with Gasteiger partial charge in [0.2, 0.25) is 0 Å². The van der Waals surface area contributed by atoms with Crippen LogP contribution in [-0.2, 0) is 33.3 Å². The number of fused-ring (bicyclic) bond motifs is 3. The van der Waals surface area contributed by atoms with Gasteiger partial charge in [0.25, 0.3) is 0 Å². The molecule has 7 unspecified atom stereocenters. The third-order valence-electron chi connectivity index (χ3n) is 8.52. The minimum atomic E-state index is -0.799. The van der Waals surface area contributed by atoms with E-state index in [1.807, 2.05) is 13.0 Å². The van der Waals surface area contributed by atoms with Gasteiger partial charge < -0.3 is 23.4 Å². The Labute approximate surface area is 186 Å². The van der Waals surface area contributed by atoms with Gasteiger partial charge in [0, 0.05) is 20.3 Å². The highest BCUT2D eigenvalue weighted by molar-refractivity contribution is 5.81. The summed E-state index contributed by atoms with van der Waals surface area (Å²) in [6.07, 6.45) is 3.97. The molecule has 2 aliphatic heterocycles. The van der Waals surface area contributed by atoms with Crippen molar-refractivity contribution >= 4 is 17.9 Å². The average molecular weight is 446 g/mol. The Hall–Kier alpha value is -2.35. The molecule has 32 heavy (non-hydrogen) atoms. The Kier molecular flexibility index (Phi) is 4.93. The molecule has 2 aliphatic carbocycles. The zero-order chi connectivity index (χ0) is 22.7. The molecule has 0 aromatic carbocycles. The Morgan fingerprint density at radius 1 is 1.25 bits per heavy atom. The number of hydrogen-bond acceptors (Lipinski definition) is 8. The lowest BCUT2D eigenvalue weighted by Gasteiger charge is -2.61. The van der Waals surface area contributed by atoms with Crippen molar-refractivity contribution in [1.29, 1.82) is 0 Å². The number of carbonyl (C=O) groups is 3. The predicted octanol–water partition coefficient (Wildman–Crippen LogP) is 3.34. The van der Waals surface area contributed by atoms with Crippen LogP contribution in [0, 0.1) is 22.7 Å². The molecule has 1 aromatic rings. The fourth-order valence-electron chi connectivity index (χ4n) is 7.11. The van der Waals surface area contributed by atoms with E-state index in [2.05, 4.69) is 0 Å². The van der Waals surface area contributed by atoms with Crippen molar-refractivity contribution in [2.45, 2.75) is 70.7 Å². The average Bonchev–Trinajstić information content (AvgIpc) is 3.16. The van der Waals surface area contributed by atoms with Crippen LogP contribution < -0.4 is 0 Å². The number of rotatable bonds is 4. The van der Waals surface area contributed by atoms with Crippen molar-refractivity contribution < 1.29 is 37.7 Å². The van der Waals surface area contributed by atoms with Crippen molar-refractivity contribution in [3.05, 3.63) is 24.2 Å². The number of furan rings is 1. The first kappa shape index (κ1) is 21.5. The highest BCUT2D eigenvalue weighted by atomic mass is 16.6. The van der Waals surface area contributed by atoms with E-state index in [4.69, 9.17) is 23.4 Å². The largest absolute Gasteiger partial charge is 0.465 e. The minimum Gasteiger partial charge on any atom is -0.465 e. The van der Waals surface area contributed by atoms with E-state index < -0.39 is 34.6 Å². The summed E-state index contributed by atoms with van der Waals surface area (Å²) in [7, 11) is 0. The van der Waals surface area contributed by atoms with Crippen molar-refractivity contribution in [2.75, 3.05) is 13.2 Å². The summed E-state index contributed by atoms with van der Waals surface area (Å²) in [5.41, 5.74) is -2.17. The van der Waals surface area contributed by atoms with Gasteiger partial charge in [-0.1, -0.05) is 13.3 Å². The number of ether oxygens (including phenoxy) is 4. The third-order valence-corrected chi connectivity index (χ3v) is 8.52. The first-order valence-electron chi connectivity index (χ1n) is 11.4. The second-order valence-corrected chi connectivity index (χ2v) is 9.94. The maximum atomic E-state index is 13.6. The van der Waals surface area contributed by atoms with Crippen LogP contribution in [0.5, 0.6) is 0 Å². The van der Waals surface area contributed by atoms with Crippen molar-refractivity contribution in [1.82, 2.24) is 0 Å². The quantitative estimate of drug-likeness (QED) is 0.394. The number of hydrogen-bond donors (Lipinski definition) is 0. The summed E-state index contributed by atoms with van der Waals surface area (Å²) >= 11 is 0. The molecule has 4 fully saturated rings. The standard InChI is InChI=1S/C24H30O8/c1-14-10-20(31-16(3)26)24(13-29-15(2)25)19(7-4-8-22(24)12-30-22)23(14)11-18(32-21(23)27)17-6-5-9-28-17/h5-6,9,14,18-20H,4,7-8,10-13H2,1-3H3. The summed E-state index contributed by atoms with van der Waals surface area (Å²) < 4.78 is 29.1. The molecule has 1 aromatic heterocycles. The molecule has 2 saturated carbocycles. The molecule has 2 spiro atoms. The summed E-state index contributed by atoms with van der Waals surface area (Å²) in [6.45, 7) is 5.35. The Bertz CT molecular complexity index is 918. The van der Waals surface area contributed by atoms with Crippen LogP contribution in [0.15, 0.2) is 22.8 Å². The van der Waals surface area contributed by atoms with Crippen molar-refractivity contribution in [3.8, 4) is 0 Å². The molecule has 5 rings (SSSR count). The molecule has 174 valence electrons. The SMILES string of the molecule is CC(=O)OCC12C(OC(C)=O)CC(C)C3(CC(c4ccco4)OC3=O)C1CCCC21CO1. The summed E-state index contributed by atoms with van der Waals surface area (Å²) in [4.78, 5) is 37.6. The minimum absolute atomic E-state index is 0.0537. The molecule has 8 heteroatoms. The van der Waals surface area contributed by atoms with E-state index in [1.165, 1.54) is 13.8 Å². The molecule has 0 bridgehead atoms. The molecule has 0 N–H and O–H groups in total. The Balaban J connectivity index is 1.62. The van der Waals surface area contributed by atoms with Crippen molar-refractivity contribution in [3.63, 3.8) is 0 Å². The van der Waals surface area contributed by atoms with E-state index in [-0.39, 0.29) is 30.4 Å². The molecular formula is C24H30O8. The summed E-state index contributed by atoms with van der Waals surface area (Å²) in [5, 5.41) is 0. The first-order valence-corrected chi connectivity index (χ1v) is 11.4. The van der Waals surface area contributed by atoms with Crippen LogP contribution in [0.2, 0.25) is 0 Å².